The summed E-state index contributed by atoms with van der Waals surface area (Å²) in [6, 6.07) is 18.1. The number of aliphatic carboxylic acids is 2. The zero-order valence-electron chi connectivity index (χ0n) is 15.5. The first-order valence-corrected chi connectivity index (χ1v) is 9.89. The van der Waals surface area contributed by atoms with Crippen LogP contribution in [0.25, 0.3) is 0 Å². The molecule has 6 heteroatoms. The van der Waals surface area contributed by atoms with Gasteiger partial charge in [-0.2, -0.15) is 0 Å². The van der Waals surface area contributed by atoms with Crippen LogP contribution in [-0.2, 0) is 9.59 Å². The molecule has 144 valence electrons. The van der Waals surface area contributed by atoms with Gasteiger partial charge in [0.15, 0.2) is 0 Å². The van der Waals surface area contributed by atoms with Crippen LogP contribution in [0, 0.1) is 0 Å². The molecule has 1 unspecified atom stereocenters. The van der Waals surface area contributed by atoms with Gasteiger partial charge in [0.25, 0.3) is 0 Å². The highest BCUT2D eigenvalue weighted by atomic mass is 32.2. The zero-order chi connectivity index (χ0) is 19.8. The van der Waals surface area contributed by atoms with Gasteiger partial charge in [-0.15, -0.1) is 11.8 Å². The minimum Gasteiger partial charge on any atom is -0.480 e. The van der Waals surface area contributed by atoms with Gasteiger partial charge in [-0.3, -0.25) is 4.79 Å². The topological polar surface area (TPSA) is 77.8 Å². The number of carboxylic acids is 2. The molecular weight excluding hydrogens is 362 g/mol. The van der Waals surface area contributed by atoms with E-state index in [4.69, 9.17) is 0 Å². The number of benzene rings is 2. The van der Waals surface area contributed by atoms with Crippen LogP contribution in [0.3, 0.4) is 0 Å². The Kier molecular flexibility index (Phi) is 7.73. The van der Waals surface area contributed by atoms with E-state index in [1.807, 2.05) is 72.5 Å². The number of hydrogen-bond acceptors (Lipinski definition) is 4. The van der Waals surface area contributed by atoms with Gasteiger partial charge in [-0.25, -0.2) is 4.79 Å². The van der Waals surface area contributed by atoms with E-state index in [0.29, 0.717) is 12.8 Å². The fourth-order valence-corrected chi connectivity index (χ4v) is 4.12. The summed E-state index contributed by atoms with van der Waals surface area (Å²) >= 11 is 1.24. The van der Waals surface area contributed by atoms with Crippen LogP contribution in [-0.4, -0.2) is 33.4 Å². The van der Waals surface area contributed by atoms with Crippen molar-refractivity contribution in [3.8, 4) is 0 Å². The number of carboxylic acid groups (broad SMARTS) is 2. The normalized spacial score (nSPS) is 14.1. The smallest absolute Gasteiger partial charge is 0.326 e. The van der Waals surface area contributed by atoms with Crippen molar-refractivity contribution in [1.82, 2.24) is 0 Å². The molecule has 0 aliphatic carbocycles. The van der Waals surface area contributed by atoms with E-state index in [-0.39, 0.29) is 0 Å². The Morgan fingerprint density at radius 2 is 1.52 bits per heavy atom. The van der Waals surface area contributed by atoms with Crippen molar-refractivity contribution < 1.29 is 19.8 Å². The lowest BCUT2D eigenvalue weighted by molar-refractivity contribution is -0.139. The number of hydrogen-bond donors (Lipinski definition) is 2. The van der Waals surface area contributed by atoms with Crippen molar-refractivity contribution >= 4 is 29.4 Å². The highest BCUT2D eigenvalue weighted by Gasteiger charge is 2.34. The molecule has 0 fully saturated rings. The van der Waals surface area contributed by atoms with Crippen LogP contribution in [0.1, 0.15) is 37.6 Å². The van der Waals surface area contributed by atoms with Crippen LogP contribution < -0.4 is 4.90 Å². The van der Waals surface area contributed by atoms with Crippen LogP contribution in [0.2, 0.25) is 0 Å². The van der Waals surface area contributed by atoms with Crippen molar-refractivity contribution in [2.45, 2.75) is 43.4 Å². The maximum Gasteiger partial charge on any atom is 0.326 e. The van der Waals surface area contributed by atoms with Gasteiger partial charge in [0.05, 0.1) is 0 Å². The number of carbonyl (C=O) groups is 2. The molecule has 2 aromatic carbocycles. The van der Waals surface area contributed by atoms with Gasteiger partial charge < -0.3 is 15.1 Å². The summed E-state index contributed by atoms with van der Waals surface area (Å²) in [5.41, 5.74) is 1.64. The lowest BCUT2D eigenvalue weighted by Gasteiger charge is -2.38. The Hall–Kier alpha value is -2.47. The Morgan fingerprint density at radius 1 is 0.963 bits per heavy atom. The quantitative estimate of drug-likeness (QED) is 0.578. The van der Waals surface area contributed by atoms with Gasteiger partial charge in [0.1, 0.15) is 16.7 Å². The molecule has 0 amide bonds. The van der Waals surface area contributed by atoms with Crippen molar-refractivity contribution in [1.29, 1.82) is 0 Å². The summed E-state index contributed by atoms with van der Waals surface area (Å²) in [5, 5.41) is 18.2. The summed E-state index contributed by atoms with van der Waals surface area (Å²) < 4.78 is 0. The molecule has 3 atom stereocenters. The van der Waals surface area contributed by atoms with E-state index in [1.54, 1.807) is 6.92 Å². The number of nitrogens with zero attached hydrogens (tertiary/aromatic N) is 1. The Balaban J connectivity index is 2.57. The maximum atomic E-state index is 12.1. The lowest BCUT2D eigenvalue weighted by atomic mass is 10.1. The molecule has 2 aromatic rings. The van der Waals surface area contributed by atoms with E-state index in [0.717, 1.165) is 11.3 Å². The number of anilines is 1. The molecule has 0 aliphatic heterocycles. The second kappa shape index (κ2) is 10.0. The van der Waals surface area contributed by atoms with Crippen molar-refractivity contribution in [2.75, 3.05) is 4.90 Å². The number of para-hydroxylation sites is 1. The molecular formula is C21H25NO4S. The fourth-order valence-electron chi connectivity index (χ4n) is 2.91. The zero-order valence-corrected chi connectivity index (χ0v) is 16.3. The monoisotopic (exact) mass is 387 g/mol. The van der Waals surface area contributed by atoms with Crippen LogP contribution in [0.5, 0.6) is 0 Å². The van der Waals surface area contributed by atoms with Crippen molar-refractivity contribution in [2.24, 2.45) is 0 Å². The summed E-state index contributed by atoms with van der Waals surface area (Å²) in [7, 11) is 0. The molecule has 0 saturated heterocycles. The predicted octanol–water partition coefficient (Wildman–Crippen LogP) is 4.65. The third-order valence-electron chi connectivity index (χ3n) is 4.26. The summed E-state index contributed by atoms with van der Waals surface area (Å²) in [4.78, 5) is 25.4. The summed E-state index contributed by atoms with van der Waals surface area (Å²) in [6.45, 7) is 3.57. The average molecular weight is 388 g/mol. The highest BCUT2D eigenvalue weighted by molar-refractivity contribution is 8.00. The van der Waals surface area contributed by atoms with E-state index >= 15 is 0 Å². The van der Waals surface area contributed by atoms with E-state index in [2.05, 4.69) is 0 Å². The number of thioether (sulfide) groups is 1. The maximum absolute atomic E-state index is 12.1. The molecule has 0 aliphatic rings. The first kappa shape index (κ1) is 20.8. The Labute approximate surface area is 164 Å². The van der Waals surface area contributed by atoms with Gasteiger partial charge in [-0.1, -0.05) is 61.9 Å². The number of rotatable bonds is 10. The third-order valence-corrected chi connectivity index (χ3v) is 5.62. The third kappa shape index (κ3) is 5.50. The van der Waals surface area contributed by atoms with Crippen LogP contribution >= 0.6 is 11.8 Å². The minimum atomic E-state index is -0.920. The standard InChI is InChI=1S/C21H25NO4S/c1-3-10-18(21(25)26)22(17-13-8-5-9-14-17)19(27-15(2)20(23)24)16-11-6-4-7-12-16/h4-9,11-15,18-19H,3,10H2,1-2H3,(H,23,24)(H,25,26)/t15-,18+,19?/m1/s1. The van der Waals surface area contributed by atoms with Gasteiger partial charge >= 0.3 is 11.9 Å². The summed E-state index contributed by atoms with van der Waals surface area (Å²) in [6.07, 6.45) is 1.18. The van der Waals surface area contributed by atoms with Crippen LogP contribution in [0.4, 0.5) is 5.69 Å². The van der Waals surface area contributed by atoms with Crippen molar-refractivity contribution in [3.05, 3.63) is 66.2 Å². The second-order valence-electron chi connectivity index (χ2n) is 6.27. The van der Waals surface area contributed by atoms with Gasteiger partial charge in [0.2, 0.25) is 0 Å². The van der Waals surface area contributed by atoms with E-state index < -0.39 is 28.6 Å². The molecule has 0 bridgehead atoms. The highest BCUT2D eigenvalue weighted by Crippen LogP contribution is 2.40. The van der Waals surface area contributed by atoms with E-state index in [9.17, 15) is 19.8 Å². The van der Waals surface area contributed by atoms with Crippen LogP contribution in [0.15, 0.2) is 60.7 Å². The first-order chi connectivity index (χ1) is 13.0. The Morgan fingerprint density at radius 3 is 2.00 bits per heavy atom. The largest absolute Gasteiger partial charge is 0.480 e. The first-order valence-electron chi connectivity index (χ1n) is 8.95. The second-order valence-corrected chi connectivity index (χ2v) is 7.69. The average Bonchev–Trinajstić information content (AvgIpc) is 2.67. The molecule has 0 heterocycles. The minimum absolute atomic E-state index is 0.438. The van der Waals surface area contributed by atoms with Gasteiger partial charge in [0, 0.05) is 5.69 Å². The molecule has 2 N–H and O–H groups in total. The predicted molar refractivity (Wildman–Crippen MR) is 109 cm³/mol. The van der Waals surface area contributed by atoms with Crippen molar-refractivity contribution in [3.63, 3.8) is 0 Å². The molecule has 0 saturated carbocycles. The molecule has 0 radical (unpaired) electrons. The molecule has 27 heavy (non-hydrogen) atoms. The molecule has 0 aromatic heterocycles. The fraction of sp³-hybridized carbons (Fsp3) is 0.333. The lowest BCUT2D eigenvalue weighted by Crippen LogP contribution is -2.43. The molecule has 2 rings (SSSR count). The SMILES string of the molecule is CCC[C@@H](C(=O)O)N(c1ccccc1)C(S[C@H](C)C(=O)O)c1ccccc1. The molecule has 0 spiro atoms. The summed E-state index contributed by atoms with van der Waals surface area (Å²) in [5.74, 6) is -1.83. The van der Waals surface area contributed by atoms with Gasteiger partial charge in [-0.05, 0) is 31.0 Å². The molecule has 5 nitrogen and oxygen atoms in total. The Bertz CT molecular complexity index is 738. The van der Waals surface area contributed by atoms with E-state index in [1.165, 1.54) is 11.8 Å².